The van der Waals surface area contributed by atoms with Crippen molar-refractivity contribution in [1.29, 1.82) is 0 Å². The van der Waals surface area contributed by atoms with Gasteiger partial charge in [0.25, 0.3) is 0 Å². The van der Waals surface area contributed by atoms with E-state index in [9.17, 15) is 0 Å². The first-order valence-electron chi connectivity index (χ1n) is 7.46. The van der Waals surface area contributed by atoms with Crippen molar-refractivity contribution in [2.75, 3.05) is 18.5 Å². The van der Waals surface area contributed by atoms with Gasteiger partial charge in [-0.25, -0.2) is 0 Å². The van der Waals surface area contributed by atoms with E-state index in [-0.39, 0.29) is 24.0 Å². The van der Waals surface area contributed by atoms with E-state index in [4.69, 9.17) is 10.5 Å². The van der Waals surface area contributed by atoms with Gasteiger partial charge in [0.2, 0.25) is 0 Å². The van der Waals surface area contributed by atoms with Gasteiger partial charge in [-0.2, -0.15) is 0 Å². The number of benzene rings is 2. The van der Waals surface area contributed by atoms with Crippen molar-refractivity contribution in [2.24, 2.45) is 10.7 Å². The number of nitrogens with two attached hydrogens (primary N) is 1. The predicted octanol–water partition coefficient (Wildman–Crippen LogP) is 4.12. The molecule has 0 fully saturated rings. The number of anilines is 1. The number of ether oxygens (including phenoxy) is 1. The monoisotopic (exact) mass is 425 g/mol. The molecule has 23 heavy (non-hydrogen) atoms. The summed E-state index contributed by atoms with van der Waals surface area (Å²) in [5.74, 6) is 1.32. The number of guanidine groups is 1. The number of aryl methyl sites for hydroxylation is 2. The number of hydrogen-bond acceptors (Lipinski definition) is 2. The van der Waals surface area contributed by atoms with Crippen molar-refractivity contribution in [3.05, 3.63) is 59.7 Å². The van der Waals surface area contributed by atoms with Crippen LogP contribution in [0.2, 0.25) is 0 Å². The van der Waals surface area contributed by atoms with E-state index in [1.807, 2.05) is 48.5 Å². The van der Waals surface area contributed by atoms with Gasteiger partial charge in [-0.3, -0.25) is 4.99 Å². The fraction of sp³-hybridized carbons (Fsp3) is 0.278. The van der Waals surface area contributed by atoms with Crippen LogP contribution in [0.1, 0.15) is 17.5 Å². The van der Waals surface area contributed by atoms with Gasteiger partial charge in [0.05, 0.1) is 6.61 Å². The van der Waals surface area contributed by atoms with E-state index >= 15 is 0 Å². The zero-order chi connectivity index (χ0) is 15.8. The van der Waals surface area contributed by atoms with Crippen molar-refractivity contribution < 1.29 is 4.74 Å². The van der Waals surface area contributed by atoms with E-state index in [2.05, 4.69) is 24.2 Å². The van der Waals surface area contributed by atoms with E-state index in [0.717, 1.165) is 17.9 Å². The van der Waals surface area contributed by atoms with Gasteiger partial charge in [-0.15, -0.1) is 24.0 Å². The average molecular weight is 425 g/mol. The summed E-state index contributed by atoms with van der Waals surface area (Å²) in [6, 6.07) is 16.1. The lowest BCUT2D eigenvalue weighted by Crippen LogP contribution is -2.23. The second-order valence-corrected chi connectivity index (χ2v) is 5.27. The highest BCUT2D eigenvalue weighted by atomic mass is 127. The van der Waals surface area contributed by atoms with Crippen LogP contribution in [-0.4, -0.2) is 19.1 Å². The maximum absolute atomic E-state index is 5.85. The second-order valence-electron chi connectivity index (χ2n) is 5.27. The smallest absolute Gasteiger partial charge is 0.193 e. The normalized spacial score (nSPS) is 10.8. The third-order valence-corrected chi connectivity index (χ3v) is 3.20. The Morgan fingerprint density at radius 2 is 1.57 bits per heavy atom. The Morgan fingerprint density at radius 1 is 1.00 bits per heavy atom. The highest BCUT2D eigenvalue weighted by molar-refractivity contribution is 14.0. The molecule has 0 aromatic heterocycles. The topological polar surface area (TPSA) is 59.6 Å². The summed E-state index contributed by atoms with van der Waals surface area (Å²) < 4.78 is 5.64. The van der Waals surface area contributed by atoms with Crippen LogP contribution in [0, 0.1) is 13.8 Å². The molecule has 2 aromatic carbocycles. The number of hydrogen-bond donors (Lipinski definition) is 2. The molecule has 124 valence electrons. The zero-order valence-electron chi connectivity index (χ0n) is 13.6. The molecular formula is C18H24IN3O. The molecule has 0 bridgehead atoms. The third-order valence-electron chi connectivity index (χ3n) is 3.20. The van der Waals surface area contributed by atoms with Gasteiger partial charge >= 0.3 is 0 Å². The first-order chi connectivity index (χ1) is 10.6. The quantitative estimate of drug-likeness (QED) is 0.317. The molecule has 3 N–H and O–H groups in total. The lowest BCUT2D eigenvalue weighted by Gasteiger charge is -2.07. The summed E-state index contributed by atoms with van der Waals surface area (Å²) in [4.78, 5) is 4.29. The number of halogens is 1. The van der Waals surface area contributed by atoms with Crippen LogP contribution in [0.15, 0.2) is 53.5 Å². The fourth-order valence-corrected chi connectivity index (χ4v) is 1.91. The lowest BCUT2D eigenvalue weighted by molar-refractivity contribution is 0.313. The van der Waals surface area contributed by atoms with Gasteiger partial charge in [-0.1, -0.05) is 35.4 Å². The largest absolute Gasteiger partial charge is 0.494 e. The minimum absolute atomic E-state index is 0. The summed E-state index contributed by atoms with van der Waals surface area (Å²) in [6.45, 7) is 5.37. The molecule has 0 unspecified atom stereocenters. The predicted molar refractivity (Wildman–Crippen MR) is 108 cm³/mol. The highest BCUT2D eigenvalue weighted by Crippen LogP contribution is 2.11. The number of aliphatic imine (C=N–C) groups is 1. The van der Waals surface area contributed by atoms with Crippen molar-refractivity contribution in [1.82, 2.24) is 0 Å². The van der Waals surface area contributed by atoms with Crippen LogP contribution >= 0.6 is 24.0 Å². The molecule has 0 aliphatic carbocycles. The molecular weight excluding hydrogens is 401 g/mol. The molecule has 0 saturated heterocycles. The SMILES string of the molecule is Cc1ccc(NC(N)=NCCCOc2ccc(C)cc2)cc1.I. The van der Waals surface area contributed by atoms with Crippen molar-refractivity contribution >= 4 is 35.6 Å². The van der Waals surface area contributed by atoms with Crippen LogP contribution < -0.4 is 15.8 Å². The van der Waals surface area contributed by atoms with Gasteiger partial charge in [0.15, 0.2) is 5.96 Å². The Morgan fingerprint density at radius 3 is 2.17 bits per heavy atom. The minimum atomic E-state index is 0. The Hall–Kier alpha value is -1.76. The number of nitrogens with one attached hydrogen (secondary N) is 1. The fourth-order valence-electron chi connectivity index (χ4n) is 1.91. The summed E-state index contributed by atoms with van der Waals surface area (Å²) in [7, 11) is 0. The second kappa shape index (κ2) is 10.1. The van der Waals surface area contributed by atoms with Crippen LogP contribution in [0.5, 0.6) is 5.75 Å². The molecule has 0 heterocycles. The van der Waals surface area contributed by atoms with Crippen molar-refractivity contribution in [2.45, 2.75) is 20.3 Å². The molecule has 5 heteroatoms. The zero-order valence-corrected chi connectivity index (χ0v) is 15.9. The summed E-state index contributed by atoms with van der Waals surface area (Å²) in [5, 5.41) is 3.07. The first kappa shape index (κ1) is 19.3. The van der Waals surface area contributed by atoms with Crippen LogP contribution in [0.25, 0.3) is 0 Å². The summed E-state index contributed by atoms with van der Waals surface area (Å²) in [6.07, 6.45) is 0.824. The highest BCUT2D eigenvalue weighted by Gasteiger charge is 1.96. The first-order valence-corrected chi connectivity index (χ1v) is 7.46. The van der Waals surface area contributed by atoms with Crippen molar-refractivity contribution in [3.8, 4) is 5.75 Å². The summed E-state index contributed by atoms with van der Waals surface area (Å²) in [5.41, 5.74) is 9.24. The van der Waals surface area contributed by atoms with E-state index in [1.54, 1.807) is 0 Å². The van der Waals surface area contributed by atoms with E-state index in [0.29, 0.717) is 19.1 Å². The third kappa shape index (κ3) is 7.36. The van der Waals surface area contributed by atoms with Gasteiger partial charge in [-0.05, 0) is 38.1 Å². The van der Waals surface area contributed by atoms with Gasteiger partial charge < -0.3 is 15.8 Å². The molecule has 0 spiro atoms. The minimum Gasteiger partial charge on any atom is -0.494 e. The lowest BCUT2D eigenvalue weighted by atomic mass is 10.2. The Balaban J connectivity index is 0.00000264. The molecule has 4 nitrogen and oxygen atoms in total. The number of nitrogens with zero attached hydrogens (tertiary/aromatic N) is 1. The van der Waals surface area contributed by atoms with E-state index in [1.165, 1.54) is 11.1 Å². The average Bonchev–Trinajstić information content (AvgIpc) is 2.51. The molecule has 0 atom stereocenters. The maximum atomic E-state index is 5.85. The van der Waals surface area contributed by atoms with Crippen LogP contribution in [0.4, 0.5) is 5.69 Å². The number of rotatable bonds is 6. The van der Waals surface area contributed by atoms with Gasteiger partial charge in [0, 0.05) is 18.7 Å². The van der Waals surface area contributed by atoms with Crippen LogP contribution in [-0.2, 0) is 0 Å². The standard InChI is InChI=1S/C18H23N3O.HI/c1-14-4-8-16(9-5-14)21-18(19)20-12-3-13-22-17-10-6-15(2)7-11-17;/h4-11H,3,12-13H2,1-2H3,(H3,19,20,21);1H. The van der Waals surface area contributed by atoms with E-state index < -0.39 is 0 Å². The molecule has 0 saturated carbocycles. The van der Waals surface area contributed by atoms with Crippen LogP contribution in [0.3, 0.4) is 0 Å². The van der Waals surface area contributed by atoms with Crippen molar-refractivity contribution in [3.63, 3.8) is 0 Å². The van der Waals surface area contributed by atoms with Gasteiger partial charge in [0.1, 0.15) is 5.75 Å². The molecule has 0 aliphatic rings. The molecule has 0 amide bonds. The summed E-state index contributed by atoms with van der Waals surface area (Å²) >= 11 is 0. The maximum Gasteiger partial charge on any atom is 0.193 e. The Labute approximate surface area is 155 Å². The Bertz CT molecular complexity index is 609. The Kier molecular flexibility index (Phi) is 8.47. The molecule has 0 radical (unpaired) electrons. The molecule has 2 aromatic rings. The molecule has 0 aliphatic heterocycles. The molecule has 2 rings (SSSR count).